The molecule has 0 unspecified atom stereocenters. The van der Waals surface area contributed by atoms with Gasteiger partial charge in [0.05, 0.1) is 6.20 Å². The third kappa shape index (κ3) is 3.21. The zero-order chi connectivity index (χ0) is 14.6. The summed E-state index contributed by atoms with van der Waals surface area (Å²) in [5, 5.41) is 6.23. The first-order valence-electron chi connectivity index (χ1n) is 7.20. The van der Waals surface area contributed by atoms with Crippen LogP contribution in [0.5, 0.6) is 0 Å². The highest BCUT2D eigenvalue weighted by atomic mass is 32.2. The molecule has 1 aliphatic rings. The van der Waals surface area contributed by atoms with Crippen molar-refractivity contribution in [2.75, 3.05) is 20.1 Å². The van der Waals surface area contributed by atoms with Gasteiger partial charge in [0.25, 0.3) is 0 Å². The van der Waals surface area contributed by atoms with E-state index < -0.39 is 10.0 Å². The average Bonchev–Trinajstić information content (AvgIpc) is 3.00. The largest absolute Gasteiger partial charge is 0.300 e. The van der Waals surface area contributed by atoms with Gasteiger partial charge < -0.3 is 0 Å². The van der Waals surface area contributed by atoms with Crippen LogP contribution in [0.3, 0.4) is 0 Å². The summed E-state index contributed by atoms with van der Waals surface area (Å²) in [5.41, 5.74) is -0.0518. The molecule has 0 radical (unpaired) electrons. The number of hydrogen-bond acceptors (Lipinski definition) is 4. The SMILES string of the molecule is CCN(C)C1(CNS(=O)(=O)c2cn[nH]c2)CCCCC1. The predicted octanol–water partition coefficient (Wildman–Crippen LogP) is 1.34. The Labute approximate surface area is 121 Å². The van der Waals surface area contributed by atoms with Crippen LogP contribution in [0.4, 0.5) is 0 Å². The van der Waals surface area contributed by atoms with Gasteiger partial charge >= 0.3 is 0 Å². The second-order valence-electron chi connectivity index (χ2n) is 5.56. The van der Waals surface area contributed by atoms with Crippen LogP contribution in [-0.4, -0.2) is 49.2 Å². The fourth-order valence-corrected chi connectivity index (χ4v) is 3.96. The molecule has 0 saturated heterocycles. The number of aromatic amines is 1. The molecule has 6 nitrogen and oxygen atoms in total. The van der Waals surface area contributed by atoms with Crippen molar-refractivity contribution >= 4 is 10.0 Å². The van der Waals surface area contributed by atoms with Crippen LogP contribution in [0.1, 0.15) is 39.0 Å². The number of nitrogens with one attached hydrogen (secondary N) is 2. The minimum atomic E-state index is -3.47. The first-order chi connectivity index (χ1) is 9.50. The molecule has 0 spiro atoms. The Morgan fingerprint density at radius 2 is 2.10 bits per heavy atom. The first kappa shape index (κ1) is 15.5. The van der Waals surface area contributed by atoms with Crippen LogP contribution in [-0.2, 0) is 10.0 Å². The van der Waals surface area contributed by atoms with E-state index in [0.717, 1.165) is 32.2 Å². The van der Waals surface area contributed by atoms with E-state index >= 15 is 0 Å². The van der Waals surface area contributed by atoms with E-state index in [4.69, 9.17) is 0 Å². The minimum Gasteiger partial charge on any atom is -0.300 e. The molecule has 2 N–H and O–H groups in total. The van der Waals surface area contributed by atoms with Gasteiger partial charge in [-0.1, -0.05) is 26.2 Å². The number of likely N-dealkylation sites (N-methyl/N-ethyl adjacent to an activating group) is 1. The lowest BCUT2D eigenvalue weighted by atomic mass is 9.80. The van der Waals surface area contributed by atoms with Crippen LogP contribution >= 0.6 is 0 Å². The van der Waals surface area contributed by atoms with Crippen molar-refractivity contribution in [1.29, 1.82) is 0 Å². The van der Waals surface area contributed by atoms with Gasteiger partial charge in [-0.3, -0.25) is 10.00 Å². The molecule has 0 aromatic carbocycles. The van der Waals surface area contributed by atoms with Gasteiger partial charge in [0.15, 0.2) is 0 Å². The second kappa shape index (κ2) is 6.24. The molecule has 0 amide bonds. The topological polar surface area (TPSA) is 78.1 Å². The molecule has 20 heavy (non-hydrogen) atoms. The summed E-state index contributed by atoms with van der Waals surface area (Å²) in [6.45, 7) is 3.50. The van der Waals surface area contributed by atoms with Gasteiger partial charge in [-0.2, -0.15) is 5.10 Å². The highest BCUT2D eigenvalue weighted by Crippen LogP contribution is 2.32. The predicted molar refractivity (Wildman–Crippen MR) is 77.9 cm³/mol. The van der Waals surface area contributed by atoms with E-state index in [1.54, 1.807) is 0 Å². The van der Waals surface area contributed by atoms with E-state index in [1.807, 2.05) is 0 Å². The zero-order valence-corrected chi connectivity index (χ0v) is 13.0. The number of nitrogens with zero attached hydrogens (tertiary/aromatic N) is 2. The average molecular weight is 300 g/mol. The van der Waals surface area contributed by atoms with Gasteiger partial charge in [-0.05, 0) is 26.4 Å². The Morgan fingerprint density at radius 3 is 2.65 bits per heavy atom. The van der Waals surface area contributed by atoms with Gasteiger partial charge in [-0.15, -0.1) is 0 Å². The van der Waals surface area contributed by atoms with E-state index in [1.165, 1.54) is 18.8 Å². The highest BCUT2D eigenvalue weighted by molar-refractivity contribution is 7.89. The summed E-state index contributed by atoms with van der Waals surface area (Å²) < 4.78 is 27.2. The number of H-pyrrole nitrogens is 1. The lowest BCUT2D eigenvalue weighted by Crippen LogP contribution is -2.55. The molecule has 1 heterocycles. The molecule has 1 aromatic rings. The second-order valence-corrected chi connectivity index (χ2v) is 7.32. The van der Waals surface area contributed by atoms with Crippen molar-refractivity contribution in [3.63, 3.8) is 0 Å². The van der Waals surface area contributed by atoms with Gasteiger partial charge in [0, 0.05) is 18.3 Å². The summed E-state index contributed by atoms with van der Waals surface area (Å²) >= 11 is 0. The van der Waals surface area contributed by atoms with Crippen LogP contribution in [0.15, 0.2) is 17.3 Å². The third-order valence-corrected chi connectivity index (χ3v) is 5.81. The third-order valence-electron chi connectivity index (χ3n) is 4.44. The maximum atomic E-state index is 12.2. The summed E-state index contributed by atoms with van der Waals surface area (Å²) in [6.07, 6.45) is 8.40. The fourth-order valence-electron chi connectivity index (χ4n) is 2.94. The Hall–Kier alpha value is -0.920. The van der Waals surface area contributed by atoms with Crippen molar-refractivity contribution in [2.24, 2.45) is 0 Å². The van der Waals surface area contributed by atoms with Gasteiger partial charge in [0.1, 0.15) is 4.90 Å². The van der Waals surface area contributed by atoms with E-state index in [9.17, 15) is 8.42 Å². The molecule has 0 atom stereocenters. The van der Waals surface area contributed by atoms with E-state index in [0.29, 0.717) is 6.54 Å². The fraction of sp³-hybridized carbons (Fsp3) is 0.769. The molecule has 1 aliphatic carbocycles. The monoisotopic (exact) mass is 300 g/mol. The summed E-state index contributed by atoms with van der Waals surface area (Å²) in [5.74, 6) is 0. The summed E-state index contributed by atoms with van der Waals surface area (Å²) in [4.78, 5) is 2.48. The summed E-state index contributed by atoms with van der Waals surface area (Å²) in [6, 6.07) is 0. The Bertz CT molecular complexity index is 506. The molecule has 1 saturated carbocycles. The van der Waals surface area contributed by atoms with Crippen LogP contribution in [0.25, 0.3) is 0 Å². The highest BCUT2D eigenvalue weighted by Gasteiger charge is 2.36. The van der Waals surface area contributed by atoms with Crippen LogP contribution < -0.4 is 4.72 Å². The quantitative estimate of drug-likeness (QED) is 0.831. The number of rotatable bonds is 6. The molecule has 7 heteroatoms. The minimum absolute atomic E-state index is 0.0518. The molecular formula is C13H24N4O2S. The van der Waals surface area contributed by atoms with Crippen LogP contribution in [0.2, 0.25) is 0 Å². The maximum absolute atomic E-state index is 12.2. The number of hydrogen-bond donors (Lipinski definition) is 2. The standard InChI is InChI=1S/C13H24N4O2S/c1-3-17(2)13(7-5-4-6-8-13)11-16-20(18,19)12-9-14-15-10-12/h9-10,16H,3-8,11H2,1-2H3,(H,14,15). The number of aromatic nitrogens is 2. The normalized spacial score (nSPS) is 19.4. The molecule has 1 fully saturated rings. The molecule has 114 valence electrons. The molecule has 0 aliphatic heterocycles. The zero-order valence-electron chi connectivity index (χ0n) is 12.2. The Kier molecular flexibility index (Phi) is 4.82. The van der Waals surface area contributed by atoms with E-state index in [2.05, 4.69) is 33.8 Å². The van der Waals surface area contributed by atoms with Crippen molar-refractivity contribution in [3.8, 4) is 0 Å². The summed E-state index contributed by atoms with van der Waals surface area (Å²) in [7, 11) is -1.39. The van der Waals surface area contributed by atoms with Crippen LogP contribution in [0, 0.1) is 0 Å². The Morgan fingerprint density at radius 1 is 1.40 bits per heavy atom. The molecule has 0 bridgehead atoms. The van der Waals surface area contributed by atoms with Gasteiger partial charge in [0.2, 0.25) is 10.0 Å². The molecule has 1 aromatic heterocycles. The smallest absolute Gasteiger partial charge is 0.243 e. The molecular weight excluding hydrogens is 276 g/mol. The lowest BCUT2D eigenvalue weighted by molar-refractivity contribution is 0.0844. The van der Waals surface area contributed by atoms with E-state index in [-0.39, 0.29) is 10.4 Å². The lowest BCUT2D eigenvalue weighted by Gasteiger charge is -2.44. The van der Waals surface area contributed by atoms with Crippen molar-refractivity contribution < 1.29 is 8.42 Å². The van der Waals surface area contributed by atoms with Crippen molar-refractivity contribution in [1.82, 2.24) is 19.8 Å². The maximum Gasteiger partial charge on any atom is 0.243 e. The van der Waals surface area contributed by atoms with Crippen molar-refractivity contribution in [3.05, 3.63) is 12.4 Å². The first-order valence-corrected chi connectivity index (χ1v) is 8.68. The van der Waals surface area contributed by atoms with Gasteiger partial charge in [-0.25, -0.2) is 13.1 Å². The number of sulfonamides is 1. The van der Waals surface area contributed by atoms with Crippen molar-refractivity contribution in [2.45, 2.75) is 49.5 Å². The Balaban J connectivity index is 2.09. The molecule has 2 rings (SSSR count).